The molecule has 3 aliphatic rings. The second kappa shape index (κ2) is 21.2. The molecule has 0 spiro atoms. The van der Waals surface area contributed by atoms with Crippen molar-refractivity contribution in [1.29, 1.82) is 0 Å². The van der Waals surface area contributed by atoms with E-state index in [1.165, 1.54) is 0 Å². The van der Waals surface area contributed by atoms with E-state index in [0.717, 1.165) is 137 Å². The van der Waals surface area contributed by atoms with E-state index in [1.54, 1.807) is 30.9 Å². The molecule has 0 unspecified atom stereocenters. The van der Waals surface area contributed by atoms with Gasteiger partial charge in [0.25, 0.3) is 0 Å². The van der Waals surface area contributed by atoms with E-state index >= 15 is 0 Å². The number of imidazole rings is 2. The lowest BCUT2D eigenvalue weighted by molar-refractivity contribution is -0.117. The smallest absolute Gasteiger partial charge is 0.145 e. The normalized spacial score (nSPS) is 14.6. The first-order valence-electron chi connectivity index (χ1n) is 23.3. The SMILES string of the molecule is Nc1cc(-c2cccnc2)[nH]n1.Nc1ccc(-c2cn3c(N4CCOCC4)cccc3n2)cc1.O=C(CC1=CC(c2cccnc2)=NC1)Cc1ccc(-c2cn3c(N4CCOCC4)cccc3n2)cc1. The van der Waals surface area contributed by atoms with Gasteiger partial charge in [0.15, 0.2) is 0 Å². The maximum absolute atomic E-state index is 12.7. The third-order valence-electron chi connectivity index (χ3n) is 12.2. The van der Waals surface area contributed by atoms with Crippen LogP contribution in [0.5, 0.6) is 0 Å². The number of fused-ring (bicyclic) bond motifs is 2. The van der Waals surface area contributed by atoms with Gasteiger partial charge >= 0.3 is 0 Å². The highest BCUT2D eigenvalue weighted by Gasteiger charge is 2.18. The summed E-state index contributed by atoms with van der Waals surface area (Å²) >= 11 is 0. The second-order valence-electron chi connectivity index (χ2n) is 17.1. The van der Waals surface area contributed by atoms with Crippen LogP contribution in [0.2, 0.25) is 0 Å². The minimum Gasteiger partial charge on any atom is -0.399 e. The fraction of sp³-hybridized carbons (Fsp3) is 0.204. The van der Waals surface area contributed by atoms with Crippen LogP contribution in [-0.4, -0.2) is 110 Å². The number of benzene rings is 2. The first-order chi connectivity index (χ1) is 34.4. The summed E-state index contributed by atoms with van der Waals surface area (Å²) in [7, 11) is 0. The van der Waals surface area contributed by atoms with Crippen molar-refractivity contribution in [2.24, 2.45) is 4.99 Å². The number of H-pyrrole nitrogens is 1. The van der Waals surface area contributed by atoms with Crippen molar-refractivity contribution in [1.82, 2.24) is 38.9 Å². The second-order valence-corrected chi connectivity index (χ2v) is 17.1. The van der Waals surface area contributed by atoms with Gasteiger partial charge in [-0.25, -0.2) is 9.97 Å². The highest BCUT2D eigenvalue weighted by molar-refractivity contribution is 6.10. The molecule has 2 aromatic carbocycles. The number of nitrogens with two attached hydrogens (primary N) is 2. The molecule has 70 heavy (non-hydrogen) atoms. The van der Waals surface area contributed by atoms with Gasteiger partial charge in [0.2, 0.25) is 0 Å². The molecule has 9 aromatic rings. The highest BCUT2D eigenvalue weighted by Crippen LogP contribution is 2.27. The van der Waals surface area contributed by atoms with E-state index in [2.05, 4.69) is 92.6 Å². The summed E-state index contributed by atoms with van der Waals surface area (Å²) in [5.41, 5.74) is 23.7. The number of carbonyl (C=O) groups excluding carboxylic acids is 1. The van der Waals surface area contributed by atoms with E-state index in [0.29, 0.717) is 25.2 Å². The van der Waals surface area contributed by atoms with Gasteiger partial charge in [-0.2, -0.15) is 5.10 Å². The van der Waals surface area contributed by atoms with Crippen molar-refractivity contribution in [3.8, 4) is 33.8 Å². The summed E-state index contributed by atoms with van der Waals surface area (Å²) in [5.74, 6) is 2.98. The van der Waals surface area contributed by atoms with Crippen LogP contribution in [-0.2, 0) is 20.7 Å². The lowest BCUT2D eigenvalue weighted by Gasteiger charge is -2.29. The number of aliphatic imine (C=N–C) groups is 1. The van der Waals surface area contributed by atoms with Gasteiger partial charge in [-0.3, -0.25) is 33.7 Å². The van der Waals surface area contributed by atoms with Crippen LogP contribution >= 0.6 is 0 Å². The summed E-state index contributed by atoms with van der Waals surface area (Å²) in [6.07, 6.45) is 14.1. The molecule has 0 bridgehead atoms. The summed E-state index contributed by atoms with van der Waals surface area (Å²) in [4.78, 5) is 39.7. The molecule has 0 aliphatic carbocycles. The Morgan fingerprint density at radius 1 is 0.614 bits per heavy atom. The molecule has 352 valence electrons. The number of allylic oxidation sites excluding steroid dienone is 1. The maximum Gasteiger partial charge on any atom is 0.145 e. The minimum absolute atomic E-state index is 0.194. The number of hydrogen-bond donors (Lipinski definition) is 3. The minimum atomic E-state index is 0.194. The highest BCUT2D eigenvalue weighted by atomic mass is 16.5. The van der Waals surface area contributed by atoms with E-state index in [-0.39, 0.29) is 5.78 Å². The van der Waals surface area contributed by atoms with Crippen molar-refractivity contribution < 1.29 is 14.3 Å². The number of ether oxygens (including phenoxy) is 2. The van der Waals surface area contributed by atoms with Crippen LogP contribution in [0, 0.1) is 0 Å². The predicted molar refractivity (Wildman–Crippen MR) is 275 cm³/mol. The Kier molecular flexibility index (Phi) is 13.7. The summed E-state index contributed by atoms with van der Waals surface area (Å²) < 4.78 is 15.2. The van der Waals surface area contributed by atoms with Crippen LogP contribution in [0.15, 0.2) is 169 Å². The summed E-state index contributed by atoms with van der Waals surface area (Å²) in [6, 6.07) is 37.9. The lowest BCUT2D eigenvalue weighted by atomic mass is 10.0. The van der Waals surface area contributed by atoms with Crippen molar-refractivity contribution in [2.45, 2.75) is 12.8 Å². The van der Waals surface area contributed by atoms with E-state index in [4.69, 9.17) is 30.9 Å². The number of aromatic nitrogens is 8. The summed E-state index contributed by atoms with van der Waals surface area (Å²) in [6.45, 7) is 7.19. The Hall–Kier alpha value is -8.47. The molecule has 5 N–H and O–H groups in total. The Morgan fingerprint density at radius 3 is 1.70 bits per heavy atom. The molecule has 0 amide bonds. The van der Waals surface area contributed by atoms with Gasteiger partial charge in [0, 0.05) is 110 Å². The van der Waals surface area contributed by atoms with Crippen LogP contribution in [0.25, 0.3) is 45.1 Å². The molecule has 12 rings (SSSR count). The third kappa shape index (κ3) is 10.8. The van der Waals surface area contributed by atoms with Crippen LogP contribution in [0.4, 0.5) is 23.1 Å². The Labute approximate surface area is 405 Å². The number of nitrogens with one attached hydrogen (secondary N) is 1. The number of carbonyl (C=O) groups is 1. The lowest BCUT2D eigenvalue weighted by Crippen LogP contribution is -2.37. The number of morpholine rings is 2. The molecule has 10 heterocycles. The largest absolute Gasteiger partial charge is 0.399 e. The Balaban J connectivity index is 0.000000140. The van der Waals surface area contributed by atoms with E-state index in [9.17, 15) is 4.79 Å². The van der Waals surface area contributed by atoms with Crippen LogP contribution in [0.1, 0.15) is 17.5 Å². The molecule has 3 aliphatic heterocycles. The molecule has 7 aromatic heterocycles. The number of aromatic amines is 1. The molecule has 16 nitrogen and oxygen atoms in total. The number of rotatable bonds is 10. The van der Waals surface area contributed by atoms with Gasteiger partial charge in [0.05, 0.1) is 55.8 Å². The van der Waals surface area contributed by atoms with E-state index < -0.39 is 0 Å². The molecular formula is C54H53N13O3. The number of nitrogen functional groups attached to an aromatic ring is 2. The van der Waals surface area contributed by atoms with Crippen molar-refractivity contribution in [3.63, 3.8) is 0 Å². The zero-order valence-electron chi connectivity index (χ0n) is 38.6. The molecule has 0 radical (unpaired) electrons. The zero-order chi connectivity index (χ0) is 47.7. The number of ketones is 1. The maximum atomic E-state index is 12.7. The average molecular weight is 932 g/mol. The molecular weight excluding hydrogens is 879 g/mol. The Bertz CT molecular complexity index is 3240. The van der Waals surface area contributed by atoms with Gasteiger partial charge in [-0.1, -0.05) is 48.5 Å². The van der Waals surface area contributed by atoms with Gasteiger partial charge in [-0.05, 0) is 77.9 Å². The molecule has 2 fully saturated rings. The van der Waals surface area contributed by atoms with Gasteiger partial charge in [0.1, 0.15) is 34.5 Å². The van der Waals surface area contributed by atoms with Gasteiger partial charge < -0.3 is 30.7 Å². The van der Waals surface area contributed by atoms with Crippen LogP contribution in [0.3, 0.4) is 0 Å². The number of Topliss-reactive ketones (excluding diaryl/α,β-unsaturated/α-hetero) is 1. The average Bonchev–Trinajstić information content (AvgIpc) is 4.25. The monoisotopic (exact) mass is 931 g/mol. The first kappa shape index (κ1) is 45.3. The third-order valence-corrected chi connectivity index (χ3v) is 12.2. The fourth-order valence-electron chi connectivity index (χ4n) is 8.64. The number of pyridine rings is 4. The standard InChI is InChI=1S/C29H27N5O2.C17H18N4O.C8H8N4/c35-25(16-22-17-26(31-18-22)24-3-2-10-30-19-24)15-21-6-8-23(9-7-21)27-20-34-28(32-27)4-1-5-29(34)33-11-13-36-14-12-33;18-14-6-4-13(5-7-14)15-12-21-16(19-15)2-1-3-17(21)20-8-10-22-11-9-20;9-8-4-7(11-12-8)6-2-1-3-10-5-6/h1-10,17,19-20H,11-16,18H2;1-7,12H,8-11,18H2;1-5H,(H3,9,11,12). The van der Waals surface area contributed by atoms with Crippen molar-refractivity contribution in [2.75, 3.05) is 80.4 Å². The van der Waals surface area contributed by atoms with Crippen LogP contribution < -0.4 is 21.3 Å². The molecule has 0 atom stereocenters. The summed E-state index contributed by atoms with van der Waals surface area (Å²) in [5, 5.41) is 6.62. The fourth-order valence-corrected chi connectivity index (χ4v) is 8.64. The first-order valence-corrected chi connectivity index (χ1v) is 23.3. The number of anilines is 4. The number of hydrogen-bond acceptors (Lipinski definition) is 13. The topological polar surface area (TPSA) is 195 Å². The van der Waals surface area contributed by atoms with Crippen molar-refractivity contribution in [3.05, 3.63) is 175 Å². The zero-order valence-corrected chi connectivity index (χ0v) is 38.6. The van der Waals surface area contributed by atoms with Crippen molar-refractivity contribution >= 4 is 45.9 Å². The Morgan fingerprint density at radius 2 is 1.17 bits per heavy atom. The molecule has 2 saturated heterocycles. The molecule has 0 saturated carbocycles. The van der Waals surface area contributed by atoms with Gasteiger partial charge in [-0.15, -0.1) is 0 Å². The quantitative estimate of drug-likeness (QED) is 0.114. The van der Waals surface area contributed by atoms with E-state index in [1.807, 2.05) is 78.9 Å². The predicted octanol–water partition coefficient (Wildman–Crippen LogP) is 7.64. The number of nitrogens with zero attached hydrogens (tertiary/aromatic N) is 10. The molecule has 16 heteroatoms.